The van der Waals surface area contributed by atoms with E-state index in [-0.39, 0.29) is 12.9 Å². The Morgan fingerprint density at radius 3 is 2.73 bits per heavy atom. The van der Waals surface area contributed by atoms with Crippen LogP contribution in [-0.4, -0.2) is 58.8 Å². The minimum atomic E-state index is 0.00376. The third kappa shape index (κ3) is 3.69. The molecule has 30 heavy (non-hydrogen) atoms. The molecule has 0 aliphatic carbocycles. The summed E-state index contributed by atoms with van der Waals surface area (Å²) in [6, 6.07) is 14.0. The zero-order valence-corrected chi connectivity index (χ0v) is 16.7. The van der Waals surface area contributed by atoms with Gasteiger partial charge in [-0.3, -0.25) is 9.89 Å². The lowest BCUT2D eigenvalue weighted by atomic mass is 10.2. The van der Waals surface area contributed by atoms with Crippen LogP contribution in [0.25, 0.3) is 22.4 Å². The average Bonchev–Trinajstić information content (AvgIpc) is 3.47. The molecular weight excluding hydrogens is 378 g/mol. The highest BCUT2D eigenvalue weighted by Crippen LogP contribution is 2.29. The summed E-state index contributed by atoms with van der Waals surface area (Å²) in [4.78, 5) is 17.5. The van der Waals surface area contributed by atoms with E-state index in [9.17, 15) is 0 Å². The molecule has 2 aromatic carbocycles. The van der Waals surface area contributed by atoms with Crippen molar-refractivity contribution in [1.82, 2.24) is 14.9 Å². The summed E-state index contributed by atoms with van der Waals surface area (Å²) in [7, 11) is 0. The molecule has 5 rings (SSSR count). The van der Waals surface area contributed by atoms with Gasteiger partial charge in [-0.25, -0.2) is 4.98 Å². The van der Waals surface area contributed by atoms with Crippen molar-refractivity contribution in [2.24, 2.45) is 4.99 Å². The Kier molecular flexibility index (Phi) is 5.21. The molecule has 154 valence electrons. The number of nitrogens with zero attached hydrogens (tertiary/aromatic N) is 4. The maximum absolute atomic E-state index is 8.88. The lowest BCUT2D eigenvalue weighted by Gasteiger charge is -2.35. The SMILES string of the molecule is OCCOc1ccc(-c2nc3ccc(N4C=CC=NC4N4CCCC4)cc3[nH]2)cc1. The number of anilines is 1. The van der Waals surface area contributed by atoms with Crippen LogP contribution in [-0.2, 0) is 0 Å². The van der Waals surface area contributed by atoms with Crippen molar-refractivity contribution in [2.75, 3.05) is 31.2 Å². The fraction of sp³-hybridized carbons (Fsp3) is 0.304. The Morgan fingerprint density at radius 2 is 1.93 bits per heavy atom. The van der Waals surface area contributed by atoms with E-state index >= 15 is 0 Å². The Balaban J connectivity index is 1.41. The standard InChI is InChI=1S/C23H25N5O2/c29-14-15-30-19-7-4-17(5-8-19)22-25-20-9-6-18(16-21(20)26-22)28-13-3-10-24-23(28)27-11-1-2-12-27/h3-10,13,16,23,29H,1-2,11-12,14-15H2,(H,25,26). The number of benzene rings is 2. The highest BCUT2D eigenvalue weighted by Gasteiger charge is 2.27. The van der Waals surface area contributed by atoms with Crippen LogP contribution in [0.3, 0.4) is 0 Å². The third-order valence-corrected chi connectivity index (χ3v) is 5.52. The summed E-state index contributed by atoms with van der Waals surface area (Å²) in [6.07, 6.45) is 8.45. The number of aliphatic hydroxyl groups excluding tert-OH is 1. The minimum Gasteiger partial charge on any atom is -0.491 e. The van der Waals surface area contributed by atoms with E-state index in [1.165, 1.54) is 12.8 Å². The lowest BCUT2D eigenvalue weighted by Crippen LogP contribution is -2.44. The molecular formula is C23H25N5O2. The van der Waals surface area contributed by atoms with E-state index in [1.54, 1.807) is 0 Å². The molecule has 0 saturated carbocycles. The third-order valence-electron chi connectivity index (χ3n) is 5.52. The zero-order chi connectivity index (χ0) is 20.3. The molecule has 1 saturated heterocycles. The van der Waals surface area contributed by atoms with Crippen molar-refractivity contribution >= 4 is 22.9 Å². The number of aromatic amines is 1. The van der Waals surface area contributed by atoms with E-state index in [0.717, 1.165) is 46.9 Å². The number of nitrogens with one attached hydrogen (secondary N) is 1. The van der Waals surface area contributed by atoms with Gasteiger partial charge in [0, 0.05) is 36.8 Å². The molecule has 2 aliphatic heterocycles. The zero-order valence-electron chi connectivity index (χ0n) is 16.7. The number of aliphatic hydroxyl groups is 1. The second-order valence-electron chi connectivity index (χ2n) is 7.52. The van der Waals surface area contributed by atoms with Crippen molar-refractivity contribution in [3.8, 4) is 17.1 Å². The molecule has 1 atom stereocenters. The van der Waals surface area contributed by atoms with Gasteiger partial charge in [-0.05, 0) is 61.4 Å². The second kappa shape index (κ2) is 8.30. The van der Waals surface area contributed by atoms with Gasteiger partial charge in [-0.2, -0.15) is 0 Å². The van der Waals surface area contributed by atoms with Crippen LogP contribution >= 0.6 is 0 Å². The number of allylic oxidation sites excluding steroid dienone is 1. The number of rotatable bonds is 6. The summed E-state index contributed by atoms with van der Waals surface area (Å²) in [5, 5.41) is 8.88. The summed E-state index contributed by atoms with van der Waals surface area (Å²) in [5.74, 6) is 1.55. The van der Waals surface area contributed by atoms with Crippen LogP contribution in [0.1, 0.15) is 12.8 Å². The first-order valence-electron chi connectivity index (χ1n) is 10.4. The second-order valence-corrected chi connectivity index (χ2v) is 7.52. The van der Waals surface area contributed by atoms with Crippen molar-refractivity contribution in [1.29, 1.82) is 0 Å². The maximum atomic E-state index is 8.88. The molecule has 0 bridgehead atoms. The quantitative estimate of drug-likeness (QED) is 0.660. The minimum absolute atomic E-state index is 0.00376. The van der Waals surface area contributed by atoms with Crippen molar-refractivity contribution in [2.45, 2.75) is 19.1 Å². The van der Waals surface area contributed by atoms with E-state index in [1.807, 2.05) is 36.6 Å². The lowest BCUT2D eigenvalue weighted by molar-refractivity contribution is 0.201. The maximum Gasteiger partial charge on any atom is 0.182 e. The molecule has 1 fully saturated rings. The number of hydrogen-bond donors (Lipinski definition) is 2. The Hall–Kier alpha value is -3.16. The summed E-state index contributed by atoms with van der Waals surface area (Å²) < 4.78 is 5.43. The van der Waals surface area contributed by atoms with Gasteiger partial charge in [-0.1, -0.05) is 0 Å². The van der Waals surface area contributed by atoms with E-state index in [0.29, 0.717) is 6.61 Å². The van der Waals surface area contributed by atoms with Gasteiger partial charge >= 0.3 is 0 Å². The molecule has 7 heteroatoms. The smallest absolute Gasteiger partial charge is 0.182 e. The van der Waals surface area contributed by atoms with Crippen molar-refractivity contribution < 1.29 is 9.84 Å². The van der Waals surface area contributed by atoms with Crippen LogP contribution in [0.15, 0.2) is 59.7 Å². The van der Waals surface area contributed by atoms with Crippen LogP contribution in [0.4, 0.5) is 5.69 Å². The number of aliphatic imine (C=N–C) groups is 1. The topological polar surface area (TPSA) is 77.0 Å². The van der Waals surface area contributed by atoms with E-state index in [2.05, 4.69) is 39.2 Å². The van der Waals surface area contributed by atoms with Gasteiger partial charge in [0.2, 0.25) is 0 Å². The molecule has 2 aliphatic rings. The summed E-state index contributed by atoms with van der Waals surface area (Å²) >= 11 is 0. The van der Waals surface area contributed by atoms with Gasteiger partial charge in [0.05, 0.1) is 17.6 Å². The molecule has 1 aromatic heterocycles. The largest absolute Gasteiger partial charge is 0.491 e. The number of fused-ring (bicyclic) bond motifs is 1. The number of aromatic nitrogens is 2. The summed E-state index contributed by atoms with van der Waals surface area (Å²) in [5.41, 5.74) is 4.00. The average molecular weight is 403 g/mol. The Morgan fingerprint density at radius 1 is 1.10 bits per heavy atom. The molecule has 2 N–H and O–H groups in total. The molecule has 0 spiro atoms. The molecule has 1 unspecified atom stereocenters. The van der Waals surface area contributed by atoms with Crippen LogP contribution in [0.5, 0.6) is 5.75 Å². The Labute approximate surface area is 175 Å². The highest BCUT2D eigenvalue weighted by atomic mass is 16.5. The van der Waals surface area contributed by atoms with Gasteiger partial charge < -0.3 is 19.7 Å². The molecule has 3 heterocycles. The molecule has 3 aromatic rings. The first-order valence-corrected chi connectivity index (χ1v) is 10.4. The van der Waals surface area contributed by atoms with Gasteiger partial charge in [0.15, 0.2) is 6.29 Å². The fourth-order valence-electron chi connectivity index (χ4n) is 4.04. The first kappa shape index (κ1) is 18.8. The number of hydrogen-bond acceptors (Lipinski definition) is 6. The van der Waals surface area contributed by atoms with Crippen LogP contribution in [0, 0.1) is 0 Å². The molecule has 0 amide bonds. The fourth-order valence-corrected chi connectivity index (χ4v) is 4.04. The van der Waals surface area contributed by atoms with E-state index in [4.69, 9.17) is 19.8 Å². The molecule has 7 nitrogen and oxygen atoms in total. The normalized spacial score (nSPS) is 19.1. The summed E-state index contributed by atoms with van der Waals surface area (Å²) in [6.45, 7) is 2.46. The first-order chi connectivity index (χ1) is 14.8. The number of H-pyrrole nitrogens is 1. The Bertz CT molecular complexity index is 1070. The van der Waals surface area contributed by atoms with E-state index < -0.39 is 0 Å². The highest BCUT2D eigenvalue weighted by molar-refractivity contribution is 5.84. The predicted molar refractivity (Wildman–Crippen MR) is 119 cm³/mol. The number of likely N-dealkylation sites (tertiary alicyclic amines) is 1. The number of ether oxygens (including phenoxy) is 1. The monoisotopic (exact) mass is 403 g/mol. The van der Waals surface area contributed by atoms with Gasteiger partial charge in [0.1, 0.15) is 18.2 Å². The van der Waals surface area contributed by atoms with Gasteiger partial charge in [-0.15, -0.1) is 0 Å². The van der Waals surface area contributed by atoms with Crippen molar-refractivity contribution in [3.05, 3.63) is 54.7 Å². The van der Waals surface area contributed by atoms with Crippen LogP contribution < -0.4 is 9.64 Å². The van der Waals surface area contributed by atoms with Crippen molar-refractivity contribution in [3.63, 3.8) is 0 Å². The molecule has 0 radical (unpaired) electrons. The van der Waals surface area contributed by atoms with Gasteiger partial charge in [0.25, 0.3) is 0 Å². The predicted octanol–water partition coefficient (Wildman–Crippen LogP) is 3.38. The number of imidazole rings is 1. The van der Waals surface area contributed by atoms with Crippen LogP contribution in [0.2, 0.25) is 0 Å².